The van der Waals surface area contributed by atoms with E-state index >= 15 is 17.6 Å². The largest absolute Gasteiger partial charge is 0.497 e. The van der Waals surface area contributed by atoms with E-state index in [4.69, 9.17) is 13.7 Å². The molecule has 338 valence electrons. The standard InChI is InChI=1S/C32H19F23O4S/c1-57-16-8-12-19(13-9-16)60(18-6-4-3-5-7-18,20-14-10-17(58-2)11-15-20)59-21(56)22(33,34)23(35,36)24(37,38)25(39,40)26(41,42)27(43,44)28(45,46)29(47,48)30(49,50)31(51,52)32(53,54)55/h3-15H,1-2H3. The minimum absolute atomic E-state index is 0.0706. The Labute approximate surface area is 320 Å². The van der Waals surface area contributed by atoms with Crippen LogP contribution in [-0.2, 0) is 8.98 Å². The van der Waals surface area contributed by atoms with Gasteiger partial charge in [0.15, 0.2) is 0 Å². The molecule has 0 saturated heterocycles. The minimum Gasteiger partial charge on any atom is -0.497 e. The Kier molecular flexibility index (Phi) is 12.6. The van der Waals surface area contributed by atoms with Crippen LogP contribution in [0.25, 0.3) is 0 Å². The summed E-state index contributed by atoms with van der Waals surface area (Å²) >= 11 is 0. The summed E-state index contributed by atoms with van der Waals surface area (Å²) in [5.74, 6) is -95.0. The monoisotopic (exact) mass is 936 g/mol. The first kappa shape index (κ1) is 49.8. The lowest BCUT2D eigenvalue weighted by molar-refractivity contribution is -0.477. The minimum atomic E-state index is -9.58. The predicted octanol–water partition coefficient (Wildman–Crippen LogP) is 12.4. The summed E-state index contributed by atoms with van der Waals surface area (Å²) in [7, 11) is -2.36. The van der Waals surface area contributed by atoms with Gasteiger partial charge in [-0.1, -0.05) is 18.2 Å². The fourth-order valence-electron chi connectivity index (χ4n) is 4.75. The maximum atomic E-state index is 15.4. The number of hydrogen-bond donors (Lipinski definition) is 0. The van der Waals surface area contributed by atoms with Gasteiger partial charge in [-0.05, 0) is 71.0 Å². The van der Waals surface area contributed by atoms with Crippen LogP contribution in [0, 0.1) is 0 Å². The van der Waals surface area contributed by atoms with Gasteiger partial charge in [0.25, 0.3) is 0 Å². The van der Waals surface area contributed by atoms with Gasteiger partial charge < -0.3 is 13.7 Å². The second-order valence-electron chi connectivity index (χ2n) is 11.8. The summed E-state index contributed by atoms with van der Waals surface area (Å²) in [5.41, 5.74) is 0. The fraction of sp³-hybridized carbons (Fsp3) is 0.406. The average Bonchev–Trinajstić information content (AvgIpc) is 3.16. The van der Waals surface area contributed by atoms with E-state index in [-0.39, 0.29) is 11.5 Å². The van der Waals surface area contributed by atoms with Gasteiger partial charge in [-0.3, -0.25) is 0 Å². The van der Waals surface area contributed by atoms with E-state index in [1.165, 1.54) is 6.07 Å². The Morgan fingerprint density at radius 3 is 0.933 bits per heavy atom. The summed E-state index contributed by atoms with van der Waals surface area (Å²) < 4.78 is 338. The number of carbonyl (C=O) groups excluding carboxylic acids is 1. The highest BCUT2D eigenvalue weighted by atomic mass is 32.3. The number of benzene rings is 3. The molecular formula is C32H19F23O4S. The maximum absolute atomic E-state index is 15.4. The third kappa shape index (κ3) is 6.86. The predicted molar refractivity (Wildman–Crippen MR) is 156 cm³/mol. The van der Waals surface area contributed by atoms with Crippen LogP contribution in [0.15, 0.2) is 93.5 Å². The van der Waals surface area contributed by atoms with Gasteiger partial charge in [-0.25, -0.2) is 4.79 Å². The molecule has 0 N–H and O–H groups in total. The van der Waals surface area contributed by atoms with E-state index < -0.39 is 96.4 Å². The summed E-state index contributed by atoms with van der Waals surface area (Å²) in [6.45, 7) is 0. The van der Waals surface area contributed by atoms with E-state index in [1.807, 2.05) is 0 Å². The maximum Gasteiger partial charge on any atom is 0.460 e. The molecule has 0 amide bonds. The lowest BCUT2D eigenvalue weighted by Crippen LogP contribution is -2.78. The van der Waals surface area contributed by atoms with Gasteiger partial charge in [0, 0.05) is 14.7 Å². The van der Waals surface area contributed by atoms with Crippen LogP contribution in [0.1, 0.15) is 0 Å². The van der Waals surface area contributed by atoms with Crippen molar-refractivity contribution in [1.29, 1.82) is 0 Å². The van der Waals surface area contributed by atoms with E-state index in [1.54, 1.807) is 0 Å². The number of methoxy groups -OCH3 is 2. The van der Waals surface area contributed by atoms with Crippen molar-refractivity contribution < 1.29 is 119 Å². The Morgan fingerprint density at radius 1 is 0.383 bits per heavy atom. The Bertz CT molecular complexity index is 1940. The number of halogens is 23. The van der Waals surface area contributed by atoms with Crippen molar-refractivity contribution in [1.82, 2.24) is 0 Å². The normalized spacial score (nSPS) is 15.1. The highest BCUT2D eigenvalue weighted by Crippen LogP contribution is 2.71. The van der Waals surface area contributed by atoms with Gasteiger partial charge in [-0.15, -0.1) is 0 Å². The zero-order valence-electron chi connectivity index (χ0n) is 28.7. The van der Waals surface area contributed by atoms with Gasteiger partial charge >= 0.3 is 71.4 Å². The summed E-state index contributed by atoms with van der Waals surface area (Å²) in [6, 6.07) is 12.5. The highest BCUT2D eigenvalue weighted by Gasteiger charge is 2.99. The molecule has 0 atom stereocenters. The number of carbonyl (C=O) groups is 1. The molecular weight excluding hydrogens is 917 g/mol. The number of hydrogen-bond acceptors (Lipinski definition) is 4. The van der Waals surface area contributed by atoms with Crippen molar-refractivity contribution in [3.8, 4) is 11.5 Å². The zero-order valence-corrected chi connectivity index (χ0v) is 29.6. The molecule has 4 nitrogen and oxygen atoms in total. The van der Waals surface area contributed by atoms with E-state index in [2.05, 4.69) is 0 Å². The van der Waals surface area contributed by atoms with Crippen molar-refractivity contribution in [2.75, 3.05) is 14.2 Å². The molecule has 3 rings (SSSR count). The second kappa shape index (κ2) is 15.1. The number of rotatable bonds is 16. The topological polar surface area (TPSA) is 44.8 Å². The van der Waals surface area contributed by atoms with Crippen LogP contribution >= 0.6 is 10.3 Å². The number of alkyl halides is 23. The third-order valence-corrected chi connectivity index (χ3v) is 11.4. The first-order chi connectivity index (χ1) is 26.8. The smallest absolute Gasteiger partial charge is 0.460 e. The van der Waals surface area contributed by atoms with Crippen molar-refractivity contribution in [2.45, 2.75) is 80.1 Å². The summed E-state index contributed by atoms with van der Waals surface area (Å²) in [6.07, 6.45) is -8.17. The molecule has 3 aromatic carbocycles. The third-order valence-electron chi connectivity index (χ3n) is 8.22. The lowest BCUT2D eigenvalue weighted by Gasteiger charge is -2.45. The molecule has 0 aliphatic rings. The first-order valence-corrected chi connectivity index (χ1v) is 16.6. The van der Waals surface area contributed by atoms with Gasteiger partial charge in [0.2, 0.25) is 0 Å². The Balaban J connectivity index is 2.27. The van der Waals surface area contributed by atoms with Crippen molar-refractivity contribution in [2.24, 2.45) is 0 Å². The molecule has 0 fully saturated rings. The Hall–Kier alpha value is -4.53. The van der Waals surface area contributed by atoms with Crippen LogP contribution < -0.4 is 9.47 Å². The fourth-order valence-corrected chi connectivity index (χ4v) is 7.76. The molecule has 0 aromatic heterocycles. The van der Waals surface area contributed by atoms with Gasteiger partial charge in [0.05, 0.1) is 14.2 Å². The molecule has 28 heteroatoms. The van der Waals surface area contributed by atoms with E-state index in [0.717, 1.165) is 87.0 Å². The van der Waals surface area contributed by atoms with Crippen LogP contribution in [0.5, 0.6) is 11.5 Å². The van der Waals surface area contributed by atoms with Crippen LogP contribution in [-0.4, -0.2) is 85.6 Å². The first-order valence-electron chi connectivity index (χ1n) is 15.1. The summed E-state index contributed by atoms with van der Waals surface area (Å²) in [4.78, 5) is 11.4. The molecule has 0 unspecified atom stereocenters. The van der Waals surface area contributed by atoms with Crippen molar-refractivity contribution in [3.63, 3.8) is 0 Å². The van der Waals surface area contributed by atoms with Crippen molar-refractivity contribution >= 4 is 16.3 Å². The van der Waals surface area contributed by atoms with E-state index in [0.29, 0.717) is 0 Å². The van der Waals surface area contributed by atoms with Crippen LogP contribution in [0.2, 0.25) is 0 Å². The molecule has 0 radical (unpaired) electrons. The molecule has 60 heavy (non-hydrogen) atoms. The lowest BCUT2D eigenvalue weighted by atomic mass is 9.85. The van der Waals surface area contributed by atoms with Crippen LogP contribution in [0.4, 0.5) is 101 Å². The summed E-state index contributed by atoms with van der Waals surface area (Å²) in [5, 5.41) is 0. The second-order valence-corrected chi connectivity index (χ2v) is 14.5. The van der Waals surface area contributed by atoms with Crippen LogP contribution in [0.3, 0.4) is 0 Å². The SMILES string of the molecule is COc1ccc(S(OC(=O)C(F)(F)C(F)(F)C(F)(F)C(F)(F)C(F)(F)C(F)(F)C(F)(F)C(F)(F)C(F)(F)C(F)(F)C(F)(F)F)(c2ccccc2)c2ccc(OC)cc2)cc1. The van der Waals surface area contributed by atoms with Crippen molar-refractivity contribution in [3.05, 3.63) is 78.9 Å². The number of ether oxygens (including phenoxy) is 2. The zero-order chi connectivity index (χ0) is 46.8. The molecule has 0 heterocycles. The molecule has 0 spiro atoms. The highest BCUT2D eigenvalue weighted by molar-refractivity contribution is 8.30. The molecule has 0 saturated carbocycles. The Morgan fingerprint density at radius 2 is 0.650 bits per heavy atom. The quantitative estimate of drug-likeness (QED) is 0.134. The van der Waals surface area contributed by atoms with E-state index in [9.17, 15) is 88.2 Å². The molecule has 0 aliphatic heterocycles. The molecule has 3 aromatic rings. The molecule has 0 aliphatic carbocycles. The molecule has 0 bridgehead atoms. The van der Waals surface area contributed by atoms with Gasteiger partial charge in [0.1, 0.15) is 11.5 Å². The average molecular weight is 937 g/mol. The van der Waals surface area contributed by atoms with Gasteiger partial charge in [-0.2, -0.15) is 101 Å².